The highest BCUT2D eigenvalue weighted by Crippen LogP contribution is 2.26. The summed E-state index contributed by atoms with van der Waals surface area (Å²) in [5.74, 6) is 1.01. The van der Waals surface area contributed by atoms with Gasteiger partial charge in [0.15, 0.2) is 0 Å². The summed E-state index contributed by atoms with van der Waals surface area (Å²) in [6.07, 6.45) is 3.74. The number of aryl methyl sites for hydroxylation is 1. The highest BCUT2D eigenvalue weighted by molar-refractivity contribution is 5.99. The third kappa shape index (κ3) is 2.50. The van der Waals surface area contributed by atoms with Crippen LogP contribution in [0.15, 0.2) is 12.1 Å². The molecule has 1 atom stereocenters. The molecule has 2 aliphatic heterocycles. The van der Waals surface area contributed by atoms with Crippen molar-refractivity contribution in [2.75, 3.05) is 31.1 Å². The van der Waals surface area contributed by atoms with Crippen molar-refractivity contribution in [2.45, 2.75) is 32.2 Å². The number of anilines is 1. The van der Waals surface area contributed by atoms with E-state index in [1.54, 1.807) is 0 Å². The molecule has 1 aromatic heterocycles. The Morgan fingerprint density at radius 3 is 2.90 bits per heavy atom. The number of aromatic nitrogens is 1. The summed E-state index contributed by atoms with van der Waals surface area (Å²) in [4.78, 5) is 9.59. The van der Waals surface area contributed by atoms with Crippen molar-refractivity contribution >= 4 is 11.7 Å². The number of nitrogens with zero attached hydrogens (tertiary/aromatic N) is 3. The third-order valence-electron chi connectivity index (χ3n) is 4.41. The minimum absolute atomic E-state index is 0.111. The maximum absolute atomic E-state index is 7.77. The lowest BCUT2D eigenvalue weighted by molar-refractivity contribution is 0.273. The van der Waals surface area contributed by atoms with Crippen LogP contribution in [-0.4, -0.2) is 47.9 Å². The number of nitrogens with one attached hydrogen (secondary N) is 1. The molecule has 2 saturated heterocycles. The quantitative estimate of drug-likeness (QED) is 0.630. The summed E-state index contributed by atoms with van der Waals surface area (Å²) in [6.45, 7) is 6.43. The van der Waals surface area contributed by atoms with Crippen LogP contribution in [0, 0.1) is 12.3 Å². The number of nitrogen functional groups attached to an aromatic ring is 1. The van der Waals surface area contributed by atoms with E-state index in [1.165, 1.54) is 25.9 Å². The van der Waals surface area contributed by atoms with Gasteiger partial charge >= 0.3 is 0 Å². The molecule has 3 rings (SSSR count). The van der Waals surface area contributed by atoms with Gasteiger partial charge < -0.3 is 10.6 Å². The number of pyridine rings is 1. The lowest BCUT2D eigenvalue weighted by atomic mass is 10.1. The summed E-state index contributed by atoms with van der Waals surface area (Å²) in [5, 5.41) is 7.77. The van der Waals surface area contributed by atoms with Gasteiger partial charge in [-0.3, -0.25) is 10.3 Å². The number of rotatable bonds is 2. The first-order valence-corrected chi connectivity index (χ1v) is 7.46. The topological polar surface area (TPSA) is 69.2 Å². The number of fused-ring (bicyclic) bond motifs is 1. The Hall–Kier alpha value is -1.62. The predicted molar refractivity (Wildman–Crippen MR) is 81.4 cm³/mol. The van der Waals surface area contributed by atoms with Crippen LogP contribution in [0.5, 0.6) is 0 Å². The van der Waals surface area contributed by atoms with Crippen LogP contribution in [0.25, 0.3) is 0 Å². The summed E-state index contributed by atoms with van der Waals surface area (Å²) >= 11 is 0. The molecule has 5 nitrogen and oxygen atoms in total. The lowest BCUT2D eigenvalue weighted by Gasteiger charge is -2.28. The SMILES string of the molecule is Cc1ccc(C(=N)N)c(N2CCCN3CCCC3C2)n1. The van der Waals surface area contributed by atoms with Crippen LogP contribution in [0.1, 0.15) is 30.5 Å². The van der Waals surface area contributed by atoms with Gasteiger partial charge in [-0.05, 0) is 44.9 Å². The summed E-state index contributed by atoms with van der Waals surface area (Å²) in [7, 11) is 0. The molecule has 0 radical (unpaired) electrons. The molecular formula is C15H23N5. The smallest absolute Gasteiger partial charge is 0.139 e. The Morgan fingerprint density at radius 2 is 2.10 bits per heavy atom. The van der Waals surface area contributed by atoms with Crippen LogP contribution < -0.4 is 10.6 Å². The van der Waals surface area contributed by atoms with Gasteiger partial charge in [-0.2, -0.15) is 0 Å². The van der Waals surface area contributed by atoms with E-state index in [0.29, 0.717) is 6.04 Å². The maximum atomic E-state index is 7.77. The summed E-state index contributed by atoms with van der Waals surface area (Å²) in [5.41, 5.74) is 7.47. The molecule has 20 heavy (non-hydrogen) atoms. The fraction of sp³-hybridized carbons (Fsp3) is 0.600. The predicted octanol–water partition coefficient (Wildman–Crippen LogP) is 1.35. The van der Waals surface area contributed by atoms with Crippen molar-refractivity contribution in [3.63, 3.8) is 0 Å². The minimum Gasteiger partial charge on any atom is -0.384 e. The zero-order chi connectivity index (χ0) is 14.1. The fourth-order valence-electron chi connectivity index (χ4n) is 3.39. The van der Waals surface area contributed by atoms with E-state index in [9.17, 15) is 0 Å². The molecule has 3 heterocycles. The second-order valence-corrected chi connectivity index (χ2v) is 5.87. The molecule has 0 aromatic carbocycles. The Bertz CT molecular complexity index is 513. The van der Waals surface area contributed by atoms with Crippen molar-refractivity contribution < 1.29 is 0 Å². The molecule has 0 saturated carbocycles. The first-order chi connectivity index (χ1) is 9.65. The van der Waals surface area contributed by atoms with Gasteiger partial charge in [-0.25, -0.2) is 4.98 Å². The summed E-state index contributed by atoms with van der Waals surface area (Å²) < 4.78 is 0. The number of hydrogen-bond acceptors (Lipinski definition) is 4. The number of nitrogens with two attached hydrogens (primary N) is 1. The zero-order valence-corrected chi connectivity index (χ0v) is 12.1. The Kier molecular flexibility index (Phi) is 3.61. The van der Waals surface area contributed by atoms with Crippen LogP contribution in [0.4, 0.5) is 5.82 Å². The molecule has 0 aliphatic carbocycles. The Balaban J connectivity index is 1.91. The Morgan fingerprint density at radius 1 is 1.30 bits per heavy atom. The molecule has 1 aromatic rings. The van der Waals surface area contributed by atoms with Gasteiger partial charge in [0.2, 0.25) is 0 Å². The van der Waals surface area contributed by atoms with Crippen LogP contribution in [-0.2, 0) is 0 Å². The minimum atomic E-state index is 0.111. The first-order valence-electron chi connectivity index (χ1n) is 7.46. The van der Waals surface area contributed by atoms with E-state index in [2.05, 4.69) is 14.8 Å². The van der Waals surface area contributed by atoms with Gasteiger partial charge in [-0.15, -0.1) is 0 Å². The maximum Gasteiger partial charge on any atom is 0.139 e. The molecular weight excluding hydrogens is 250 g/mol. The van der Waals surface area contributed by atoms with E-state index >= 15 is 0 Å². The average Bonchev–Trinajstić information content (AvgIpc) is 2.75. The standard InChI is InChI=1S/C15H23N5/c1-11-5-6-13(14(16)17)15(18-11)20-9-3-8-19-7-2-4-12(19)10-20/h5-6,12H,2-4,7-10H2,1H3,(H3,16,17). The molecule has 0 bridgehead atoms. The van der Waals surface area contributed by atoms with Crippen molar-refractivity contribution in [3.05, 3.63) is 23.4 Å². The molecule has 2 aliphatic rings. The zero-order valence-electron chi connectivity index (χ0n) is 12.1. The number of hydrogen-bond donors (Lipinski definition) is 2. The van der Waals surface area contributed by atoms with Gasteiger partial charge in [0.25, 0.3) is 0 Å². The molecule has 5 heteroatoms. The lowest BCUT2D eigenvalue weighted by Crippen LogP contribution is -2.37. The van der Waals surface area contributed by atoms with Gasteiger partial charge in [-0.1, -0.05) is 0 Å². The second kappa shape index (κ2) is 5.40. The molecule has 2 fully saturated rings. The fourth-order valence-corrected chi connectivity index (χ4v) is 3.39. The van der Waals surface area contributed by atoms with Crippen molar-refractivity contribution in [3.8, 4) is 0 Å². The van der Waals surface area contributed by atoms with Crippen LogP contribution >= 0.6 is 0 Å². The van der Waals surface area contributed by atoms with Gasteiger partial charge in [0.1, 0.15) is 11.7 Å². The van der Waals surface area contributed by atoms with Crippen LogP contribution in [0.2, 0.25) is 0 Å². The molecule has 1 unspecified atom stereocenters. The highest BCUT2D eigenvalue weighted by atomic mass is 15.3. The number of amidine groups is 1. The highest BCUT2D eigenvalue weighted by Gasteiger charge is 2.30. The third-order valence-corrected chi connectivity index (χ3v) is 4.41. The van der Waals surface area contributed by atoms with E-state index in [-0.39, 0.29) is 5.84 Å². The molecule has 3 N–H and O–H groups in total. The largest absolute Gasteiger partial charge is 0.384 e. The first kappa shape index (κ1) is 13.4. The van der Waals surface area contributed by atoms with Crippen molar-refractivity contribution in [1.82, 2.24) is 9.88 Å². The second-order valence-electron chi connectivity index (χ2n) is 5.87. The van der Waals surface area contributed by atoms with E-state index in [0.717, 1.165) is 36.6 Å². The molecule has 0 amide bonds. The van der Waals surface area contributed by atoms with Crippen molar-refractivity contribution in [1.29, 1.82) is 5.41 Å². The molecule has 0 spiro atoms. The van der Waals surface area contributed by atoms with E-state index in [4.69, 9.17) is 11.1 Å². The van der Waals surface area contributed by atoms with Gasteiger partial charge in [0, 0.05) is 31.4 Å². The van der Waals surface area contributed by atoms with Crippen LogP contribution in [0.3, 0.4) is 0 Å². The van der Waals surface area contributed by atoms with Gasteiger partial charge in [0.05, 0.1) is 5.56 Å². The normalized spacial score (nSPS) is 23.4. The summed E-state index contributed by atoms with van der Waals surface area (Å²) in [6, 6.07) is 4.50. The average molecular weight is 273 g/mol. The Labute approximate surface area is 120 Å². The van der Waals surface area contributed by atoms with E-state index < -0.39 is 0 Å². The van der Waals surface area contributed by atoms with E-state index in [1.807, 2.05) is 19.1 Å². The monoisotopic (exact) mass is 273 g/mol. The van der Waals surface area contributed by atoms with Crippen molar-refractivity contribution in [2.24, 2.45) is 5.73 Å². The molecule has 108 valence electrons.